The molecule has 1 aromatic carbocycles. The van der Waals surface area contributed by atoms with Gasteiger partial charge in [0.2, 0.25) is 0 Å². The maximum atomic E-state index is 12.1. The van der Waals surface area contributed by atoms with Crippen molar-refractivity contribution < 1.29 is 23.7 Å². The van der Waals surface area contributed by atoms with E-state index in [2.05, 4.69) is 0 Å². The third-order valence-corrected chi connectivity index (χ3v) is 3.85. The molecule has 2 aliphatic rings. The molecular weight excluding hydrogens is 272 g/mol. The van der Waals surface area contributed by atoms with Crippen molar-refractivity contribution in [2.24, 2.45) is 0 Å². The standard InChI is InChI=1S/C16H20O5/c1-3-14-19-13-9-12(10(2)18-16(13)21-14)20-15(17)11-7-5-4-6-8-11/h4-8,10,12-14,16H,3,9H2,1-2H3/t10-,12-,13-,14?,16-/m1/s1. The van der Waals surface area contributed by atoms with Crippen LogP contribution in [0.2, 0.25) is 0 Å². The zero-order valence-corrected chi connectivity index (χ0v) is 12.2. The minimum atomic E-state index is -0.350. The summed E-state index contributed by atoms with van der Waals surface area (Å²) >= 11 is 0. The van der Waals surface area contributed by atoms with Crippen LogP contribution in [0.3, 0.4) is 0 Å². The molecular formula is C16H20O5. The summed E-state index contributed by atoms with van der Waals surface area (Å²) in [6.07, 6.45) is 0.100. The summed E-state index contributed by atoms with van der Waals surface area (Å²) in [4.78, 5) is 12.1. The lowest BCUT2D eigenvalue weighted by molar-refractivity contribution is -0.209. The van der Waals surface area contributed by atoms with E-state index >= 15 is 0 Å². The van der Waals surface area contributed by atoms with Crippen molar-refractivity contribution in [1.82, 2.24) is 0 Å². The third kappa shape index (κ3) is 3.10. The number of rotatable bonds is 3. The van der Waals surface area contributed by atoms with Crippen molar-refractivity contribution in [3.63, 3.8) is 0 Å². The molecule has 5 nitrogen and oxygen atoms in total. The number of benzene rings is 1. The second-order valence-corrected chi connectivity index (χ2v) is 5.40. The molecule has 1 unspecified atom stereocenters. The lowest BCUT2D eigenvalue weighted by Crippen LogP contribution is -2.46. The summed E-state index contributed by atoms with van der Waals surface area (Å²) in [7, 11) is 0. The number of fused-ring (bicyclic) bond motifs is 1. The SMILES string of the molecule is CCC1O[C@H]2O[C@H](C)[C@H](OC(=O)c3ccccc3)C[C@H]2O1. The molecule has 114 valence electrons. The number of esters is 1. The molecule has 2 saturated heterocycles. The molecule has 0 amide bonds. The molecule has 0 spiro atoms. The zero-order valence-electron chi connectivity index (χ0n) is 12.2. The first-order chi connectivity index (χ1) is 10.2. The van der Waals surface area contributed by atoms with Crippen molar-refractivity contribution in [2.45, 2.75) is 57.6 Å². The van der Waals surface area contributed by atoms with Gasteiger partial charge in [-0.1, -0.05) is 25.1 Å². The van der Waals surface area contributed by atoms with E-state index in [4.69, 9.17) is 18.9 Å². The van der Waals surface area contributed by atoms with Gasteiger partial charge in [0.1, 0.15) is 12.2 Å². The van der Waals surface area contributed by atoms with E-state index in [1.165, 1.54) is 0 Å². The van der Waals surface area contributed by atoms with E-state index in [1.54, 1.807) is 12.1 Å². The van der Waals surface area contributed by atoms with Gasteiger partial charge >= 0.3 is 5.97 Å². The molecule has 0 N–H and O–H groups in total. The van der Waals surface area contributed by atoms with Crippen LogP contribution < -0.4 is 0 Å². The monoisotopic (exact) mass is 292 g/mol. The summed E-state index contributed by atoms with van der Waals surface area (Å²) in [5, 5.41) is 0. The van der Waals surface area contributed by atoms with Crippen molar-refractivity contribution in [2.75, 3.05) is 0 Å². The highest BCUT2D eigenvalue weighted by Gasteiger charge is 2.45. The lowest BCUT2D eigenvalue weighted by atomic mass is 10.0. The Morgan fingerprint density at radius 2 is 2.00 bits per heavy atom. The van der Waals surface area contributed by atoms with Gasteiger partial charge in [0.05, 0.1) is 11.7 Å². The Morgan fingerprint density at radius 3 is 2.71 bits per heavy atom. The van der Waals surface area contributed by atoms with Gasteiger partial charge in [0.15, 0.2) is 12.6 Å². The smallest absolute Gasteiger partial charge is 0.338 e. The van der Waals surface area contributed by atoms with Crippen LogP contribution in [0.15, 0.2) is 30.3 Å². The molecule has 21 heavy (non-hydrogen) atoms. The first kappa shape index (κ1) is 14.5. The molecule has 2 aliphatic heterocycles. The Morgan fingerprint density at radius 1 is 1.24 bits per heavy atom. The van der Waals surface area contributed by atoms with Crippen molar-refractivity contribution in [3.8, 4) is 0 Å². The quantitative estimate of drug-likeness (QED) is 0.801. The fourth-order valence-electron chi connectivity index (χ4n) is 2.65. The van der Waals surface area contributed by atoms with Crippen LogP contribution in [0.25, 0.3) is 0 Å². The van der Waals surface area contributed by atoms with Gasteiger partial charge in [-0.25, -0.2) is 4.79 Å². The van der Waals surface area contributed by atoms with Crippen molar-refractivity contribution in [1.29, 1.82) is 0 Å². The third-order valence-electron chi connectivity index (χ3n) is 3.85. The minimum Gasteiger partial charge on any atom is -0.456 e. The predicted octanol–water partition coefficient (Wildman–Crippen LogP) is 2.50. The first-order valence-corrected chi connectivity index (χ1v) is 7.39. The van der Waals surface area contributed by atoms with Crippen LogP contribution in [0, 0.1) is 0 Å². The normalized spacial score (nSPS) is 35.2. The van der Waals surface area contributed by atoms with E-state index in [-0.39, 0.29) is 36.9 Å². The summed E-state index contributed by atoms with van der Waals surface area (Å²) in [6.45, 7) is 3.89. The van der Waals surface area contributed by atoms with Crippen LogP contribution in [0.5, 0.6) is 0 Å². The van der Waals surface area contributed by atoms with E-state index in [9.17, 15) is 4.79 Å². The maximum Gasteiger partial charge on any atom is 0.338 e. The molecule has 0 bridgehead atoms. The molecule has 3 rings (SSSR count). The van der Waals surface area contributed by atoms with E-state index < -0.39 is 0 Å². The number of hydrogen-bond donors (Lipinski definition) is 0. The summed E-state index contributed by atoms with van der Waals surface area (Å²) in [5.74, 6) is -0.333. The Hall–Kier alpha value is -1.43. The van der Waals surface area contributed by atoms with E-state index in [1.807, 2.05) is 32.0 Å². The Balaban J connectivity index is 1.63. The Kier molecular flexibility index (Phi) is 4.24. The highest BCUT2D eigenvalue weighted by molar-refractivity contribution is 5.89. The van der Waals surface area contributed by atoms with Crippen molar-refractivity contribution >= 4 is 5.97 Å². The molecule has 2 fully saturated rings. The highest BCUT2D eigenvalue weighted by atomic mass is 16.8. The minimum absolute atomic E-state index is 0.167. The van der Waals surface area contributed by atoms with Gasteiger partial charge in [-0.3, -0.25) is 0 Å². The average Bonchev–Trinajstić information content (AvgIpc) is 2.90. The zero-order chi connectivity index (χ0) is 14.8. The second kappa shape index (κ2) is 6.13. The van der Waals surface area contributed by atoms with Crippen LogP contribution in [0.4, 0.5) is 0 Å². The van der Waals surface area contributed by atoms with Crippen LogP contribution >= 0.6 is 0 Å². The van der Waals surface area contributed by atoms with Gasteiger partial charge in [-0.2, -0.15) is 0 Å². The van der Waals surface area contributed by atoms with Crippen molar-refractivity contribution in [3.05, 3.63) is 35.9 Å². The van der Waals surface area contributed by atoms with E-state index in [0.717, 1.165) is 6.42 Å². The topological polar surface area (TPSA) is 54.0 Å². The van der Waals surface area contributed by atoms with Gasteiger partial charge in [0, 0.05) is 6.42 Å². The van der Waals surface area contributed by atoms with Crippen LogP contribution in [-0.2, 0) is 18.9 Å². The summed E-state index contributed by atoms with van der Waals surface area (Å²) < 4.78 is 22.7. The molecule has 0 radical (unpaired) electrons. The largest absolute Gasteiger partial charge is 0.456 e. The summed E-state index contributed by atoms with van der Waals surface area (Å²) in [5.41, 5.74) is 0.543. The Labute approximate surface area is 124 Å². The number of carbonyl (C=O) groups is 1. The fourth-order valence-corrected chi connectivity index (χ4v) is 2.65. The number of carbonyl (C=O) groups excluding carboxylic acids is 1. The molecule has 0 aromatic heterocycles. The molecule has 2 heterocycles. The number of hydrogen-bond acceptors (Lipinski definition) is 5. The van der Waals surface area contributed by atoms with Gasteiger partial charge < -0.3 is 18.9 Å². The molecule has 5 atom stereocenters. The molecule has 1 aromatic rings. The van der Waals surface area contributed by atoms with E-state index in [0.29, 0.717) is 12.0 Å². The van der Waals surface area contributed by atoms with Crippen LogP contribution in [0.1, 0.15) is 37.0 Å². The van der Waals surface area contributed by atoms with Gasteiger partial charge in [-0.15, -0.1) is 0 Å². The lowest BCUT2D eigenvalue weighted by Gasteiger charge is -2.34. The molecule has 0 aliphatic carbocycles. The second-order valence-electron chi connectivity index (χ2n) is 5.40. The summed E-state index contributed by atoms with van der Waals surface area (Å²) in [6, 6.07) is 8.96. The average molecular weight is 292 g/mol. The van der Waals surface area contributed by atoms with Crippen LogP contribution in [-0.4, -0.2) is 36.9 Å². The highest BCUT2D eigenvalue weighted by Crippen LogP contribution is 2.33. The first-order valence-electron chi connectivity index (χ1n) is 7.39. The molecule has 5 heteroatoms. The fraction of sp³-hybridized carbons (Fsp3) is 0.562. The maximum absolute atomic E-state index is 12.1. The number of ether oxygens (including phenoxy) is 4. The predicted molar refractivity (Wildman–Crippen MR) is 74.6 cm³/mol. The van der Waals surface area contributed by atoms with Gasteiger partial charge in [-0.05, 0) is 25.5 Å². The van der Waals surface area contributed by atoms with Gasteiger partial charge in [0.25, 0.3) is 0 Å². The Bertz CT molecular complexity index is 489. The molecule has 0 saturated carbocycles.